The number of hydrogen-bond donors (Lipinski definition) is 1. The summed E-state index contributed by atoms with van der Waals surface area (Å²) in [7, 11) is 0. The van der Waals surface area contributed by atoms with Gasteiger partial charge in [-0.25, -0.2) is 9.97 Å². The van der Waals surface area contributed by atoms with Crippen LogP contribution >= 0.6 is 0 Å². The molecule has 4 nitrogen and oxygen atoms in total. The average Bonchev–Trinajstić information content (AvgIpc) is 2.30. The second-order valence-corrected chi connectivity index (χ2v) is 4.04. The largest absolute Gasteiger partial charge is 0.385 e. The summed E-state index contributed by atoms with van der Waals surface area (Å²) in [5.74, 6) is 0.651. The van der Waals surface area contributed by atoms with Gasteiger partial charge in [0.25, 0.3) is 0 Å². The fourth-order valence-corrected chi connectivity index (χ4v) is 1.78. The highest BCUT2D eigenvalue weighted by Gasteiger charge is 2.25. The molecule has 1 saturated heterocycles. The third-order valence-electron chi connectivity index (χ3n) is 2.71. The van der Waals surface area contributed by atoms with Crippen LogP contribution in [0.2, 0.25) is 0 Å². The quantitative estimate of drug-likeness (QED) is 0.794. The molecule has 1 fully saturated rings. The van der Waals surface area contributed by atoms with Gasteiger partial charge in [0.05, 0.1) is 6.61 Å². The Morgan fingerprint density at radius 1 is 1.47 bits per heavy atom. The van der Waals surface area contributed by atoms with Gasteiger partial charge in [-0.05, 0) is 25.3 Å². The maximum Gasteiger partial charge on any atom is 0.157 e. The first kappa shape index (κ1) is 10.5. The van der Waals surface area contributed by atoms with Crippen LogP contribution in [0.25, 0.3) is 0 Å². The lowest BCUT2D eigenvalue weighted by molar-refractivity contribution is -0.0133. The first-order valence-electron chi connectivity index (χ1n) is 5.32. The van der Waals surface area contributed by atoms with Crippen LogP contribution in [0.5, 0.6) is 0 Å². The Morgan fingerprint density at radius 2 is 2.20 bits per heavy atom. The molecule has 0 aromatic carbocycles. The van der Waals surface area contributed by atoms with Crippen molar-refractivity contribution in [3.63, 3.8) is 0 Å². The van der Waals surface area contributed by atoms with E-state index in [1.807, 2.05) is 6.92 Å². The molecule has 0 radical (unpaired) electrons. The van der Waals surface area contributed by atoms with Crippen molar-refractivity contribution in [2.24, 2.45) is 5.92 Å². The van der Waals surface area contributed by atoms with Crippen LogP contribution in [0.3, 0.4) is 0 Å². The van der Waals surface area contributed by atoms with Crippen molar-refractivity contribution >= 4 is 0 Å². The van der Waals surface area contributed by atoms with E-state index in [4.69, 9.17) is 4.74 Å². The molecule has 82 valence electrons. The standard InChI is InChI=1S/C11H16N2O2/c1-8-5-12-11(13-6-8)10(14)9-3-2-4-15-7-9/h5-6,9-10,14H,2-4,7H2,1H3. The van der Waals surface area contributed by atoms with Crippen molar-refractivity contribution in [1.29, 1.82) is 0 Å². The Hall–Kier alpha value is -1.00. The molecule has 2 atom stereocenters. The number of aryl methyl sites for hydroxylation is 1. The van der Waals surface area contributed by atoms with Crippen LogP contribution in [0.1, 0.15) is 30.3 Å². The van der Waals surface area contributed by atoms with Gasteiger partial charge in [0.1, 0.15) is 6.10 Å². The molecule has 2 unspecified atom stereocenters. The average molecular weight is 208 g/mol. The maximum atomic E-state index is 10.0. The second kappa shape index (κ2) is 4.68. The van der Waals surface area contributed by atoms with E-state index in [0.717, 1.165) is 25.0 Å². The predicted molar refractivity (Wildman–Crippen MR) is 55.3 cm³/mol. The molecule has 2 heterocycles. The number of aromatic nitrogens is 2. The van der Waals surface area contributed by atoms with Crippen molar-refractivity contribution < 1.29 is 9.84 Å². The lowest BCUT2D eigenvalue weighted by Crippen LogP contribution is -2.24. The summed E-state index contributed by atoms with van der Waals surface area (Å²) in [5.41, 5.74) is 1.01. The second-order valence-electron chi connectivity index (χ2n) is 4.04. The van der Waals surface area contributed by atoms with E-state index in [0.29, 0.717) is 12.4 Å². The zero-order valence-corrected chi connectivity index (χ0v) is 8.89. The SMILES string of the molecule is Cc1cnc(C(O)C2CCCOC2)nc1. The smallest absolute Gasteiger partial charge is 0.157 e. The molecule has 1 aliphatic heterocycles. The topological polar surface area (TPSA) is 55.2 Å². The maximum absolute atomic E-state index is 10.0. The van der Waals surface area contributed by atoms with Crippen molar-refractivity contribution in [1.82, 2.24) is 9.97 Å². The van der Waals surface area contributed by atoms with Crippen LogP contribution in [0.4, 0.5) is 0 Å². The van der Waals surface area contributed by atoms with Gasteiger partial charge in [-0.1, -0.05) is 0 Å². The van der Waals surface area contributed by atoms with Crippen LogP contribution in [-0.2, 0) is 4.74 Å². The third kappa shape index (κ3) is 2.52. The molecule has 0 spiro atoms. The number of aliphatic hydroxyl groups is 1. The molecule has 0 aliphatic carbocycles. The fraction of sp³-hybridized carbons (Fsp3) is 0.636. The van der Waals surface area contributed by atoms with E-state index in [2.05, 4.69) is 9.97 Å². The first-order chi connectivity index (χ1) is 7.27. The molecular weight excluding hydrogens is 192 g/mol. The molecule has 0 bridgehead atoms. The molecule has 0 amide bonds. The summed E-state index contributed by atoms with van der Waals surface area (Å²) < 4.78 is 5.33. The van der Waals surface area contributed by atoms with Gasteiger partial charge in [0, 0.05) is 24.9 Å². The Morgan fingerprint density at radius 3 is 2.80 bits per heavy atom. The monoisotopic (exact) mass is 208 g/mol. The number of hydrogen-bond acceptors (Lipinski definition) is 4. The Labute approximate surface area is 89.3 Å². The normalized spacial score (nSPS) is 23.7. The number of nitrogens with zero attached hydrogens (tertiary/aromatic N) is 2. The molecule has 4 heteroatoms. The highest BCUT2D eigenvalue weighted by atomic mass is 16.5. The van der Waals surface area contributed by atoms with Gasteiger partial charge >= 0.3 is 0 Å². The third-order valence-corrected chi connectivity index (χ3v) is 2.71. The minimum absolute atomic E-state index is 0.140. The summed E-state index contributed by atoms with van der Waals surface area (Å²) in [4.78, 5) is 8.27. The van der Waals surface area contributed by atoms with Crippen molar-refractivity contribution in [3.8, 4) is 0 Å². The highest BCUT2D eigenvalue weighted by Crippen LogP contribution is 2.26. The Kier molecular flexibility index (Phi) is 3.28. The molecule has 1 aromatic heterocycles. The number of aliphatic hydroxyl groups excluding tert-OH is 1. The number of ether oxygens (including phenoxy) is 1. The zero-order chi connectivity index (χ0) is 10.7. The van der Waals surface area contributed by atoms with Crippen LogP contribution in [0, 0.1) is 12.8 Å². The first-order valence-corrected chi connectivity index (χ1v) is 5.32. The van der Waals surface area contributed by atoms with Gasteiger partial charge in [0.2, 0.25) is 0 Å². The molecule has 2 rings (SSSR count). The summed E-state index contributed by atoms with van der Waals surface area (Å²) in [5, 5.41) is 10.0. The van der Waals surface area contributed by atoms with Crippen molar-refractivity contribution in [3.05, 3.63) is 23.8 Å². The van der Waals surface area contributed by atoms with Gasteiger partial charge in [-0.3, -0.25) is 0 Å². The minimum atomic E-state index is -0.592. The van der Waals surface area contributed by atoms with E-state index < -0.39 is 6.10 Å². The molecule has 15 heavy (non-hydrogen) atoms. The predicted octanol–water partition coefficient (Wildman–Crippen LogP) is 1.25. The Balaban J connectivity index is 2.05. The van der Waals surface area contributed by atoms with Gasteiger partial charge < -0.3 is 9.84 Å². The summed E-state index contributed by atoms with van der Waals surface area (Å²) in [6, 6.07) is 0. The van der Waals surface area contributed by atoms with E-state index in [-0.39, 0.29) is 5.92 Å². The lowest BCUT2D eigenvalue weighted by Gasteiger charge is -2.25. The van der Waals surface area contributed by atoms with Crippen molar-refractivity contribution in [2.45, 2.75) is 25.9 Å². The van der Waals surface area contributed by atoms with Crippen LogP contribution in [0.15, 0.2) is 12.4 Å². The minimum Gasteiger partial charge on any atom is -0.385 e. The molecule has 1 aromatic rings. The van der Waals surface area contributed by atoms with E-state index >= 15 is 0 Å². The molecular formula is C11H16N2O2. The van der Waals surface area contributed by atoms with Crippen molar-refractivity contribution in [2.75, 3.05) is 13.2 Å². The molecule has 0 saturated carbocycles. The number of rotatable bonds is 2. The summed E-state index contributed by atoms with van der Waals surface area (Å²) in [6.45, 7) is 3.34. The van der Waals surface area contributed by atoms with Gasteiger partial charge in [-0.15, -0.1) is 0 Å². The summed E-state index contributed by atoms with van der Waals surface area (Å²) in [6.07, 6.45) is 4.86. The van der Waals surface area contributed by atoms with Crippen LogP contribution in [-0.4, -0.2) is 28.3 Å². The molecule has 1 N–H and O–H groups in total. The summed E-state index contributed by atoms with van der Waals surface area (Å²) >= 11 is 0. The van der Waals surface area contributed by atoms with E-state index in [1.165, 1.54) is 0 Å². The van der Waals surface area contributed by atoms with Gasteiger partial charge in [-0.2, -0.15) is 0 Å². The Bertz CT molecular complexity index is 307. The van der Waals surface area contributed by atoms with E-state index in [9.17, 15) is 5.11 Å². The van der Waals surface area contributed by atoms with Gasteiger partial charge in [0.15, 0.2) is 5.82 Å². The lowest BCUT2D eigenvalue weighted by atomic mass is 9.95. The highest BCUT2D eigenvalue weighted by molar-refractivity contribution is 5.04. The fourth-order valence-electron chi connectivity index (χ4n) is 1.78. The zero-order valence-electron chi connectivity index (χ0n) is 8.89. The van der Waals surface area contributed by atoms with E-state index in [1.54, 1.807) is 12.4 Å². The van der Waals surface area contributed by atoms with Crippen LogP contribution < -0.4 is 0 Å². The molecule has 1 aliphatic rings.